The lowest BCUT2D eigenvalue weighted by Crippen LogP contribution is -2.25. The molecule has 0 radical (unpaired) electrons. The van der Waals surface area contributed by atoms with Crippen molar-refractivity contribution in [2.75, 3.05) is 13.1 Å². The van der Waals surface area contributed by atoms with Crippen LogP contribution in [-0.2, 0) is 6.61 Å². The number of carbonyl (C=O) groups excluding carboxylic acids is 1. The fraction of sp³-hybridized carbons (Fsp3) is 0.250. The molecule has 0 saturated carbocycles. The maximum atomic E-state index is 14.4. The minimum atomic E-state index is -0.340. The fourth-order valence-corrected chi connectivity index (χ4v) is 3.85. The summed E-state index contributed by atoms with van der Waals surface area (Å²) in [6, 6.07) is 14.2. The fourth-order valence-electron chi connectivity index (χ4n) is 2.71. The summed E-state index contributed by atoms with van der Waals surface area (Å²) < 4.78 is 20.9. The lowest BCUT2D eigenvalue weighted by molar-refractivity contribution is 0.0955. The van der Waals surface area contributed by atoms with Crippen molar-refractivity contribution in [1.29, 1.82) is 0 Å². The highest BCUT2D eigenvalue weighted by atomic mass is 35.5. The van der Waals surface area contributed by atoms with E-state index in [4.69, 9.17) is 10.5 Å². The van der Waals surface area contributed by atoms with Crippen LogP contribution in [0.4, 0.5) is 4.39 Å². The van der Waals surface area contributed by atoms with Crippen LogP contribution in [0.3, 0.4) is 0 Å². The first-order valence-electron chi connectivity index (χ1n) is 8.56. The molecule has 4 nitrogen and oxygen atoms in total. The largest absolute Gasteiger partial charge is 0.489 e. The molecule has 144 valence electrons. The third-order valence-corrected chi connectivity index (χ3v) is 5.21. The van der Waals surface area contributed by atoms with Gasteiger partial charge in [0.05, 0.1) is 4.88 Å². The van der Waals surface area contributed by atoms with Crippen LogP contribution in [0.2, 0.25) is 0 Å². The number of thiophene rings is 1. The molecule has 1 heterocycles. The normalized spacial score (nSPS) is 10.4. The van der Waals surface area contributed by atoms with Crippen LogP contribution in [-0.4, -0.2) is 19.0 Å². The summed E-state index contributed by atoms with van der Waals surface area (Å²) in [4.78, 5) is 13.1. The van der Waals surface area contributed by atoms with E-state index in [0.717, 1.165) is 17.5 Å². The molecule has 0 aliphatic rings. The molecule has 0 bridgehead atoms. The Morgan fingerprint density at radius 1 is 1.11 bits per heavy atom. The van der Waals surface area contributed by atoms with E-state index in [1.165, 1.54) is 17.4 Å². The molecule has 0 fully saturated rings. The van der Waals surface area contributed by atoms with Gasteiger partial charge in [-0.3, -0.25) is 4.79 Å². The Morgan fingerprint density at radius 3 is 2.63 bits per heavy atom. The van der Waals surface area contributed by atoms with Crippen LogP contribution < -0.4 is 15.8 Å². The van der Waals surface area contributed by atoms with Crippen LogP contribution >= 0.6 is 23.7 Å². The lowest BCUT2D eigenvalue weighted by atomic mass is 10.1. The molecule has 0 saturated heterocycles. The van der Waals surface area contributed by atoms with Gasteiger partial charge in [0.1, 0.15) is 18.2 Å². The summed E-state index contributed by atoms with van der Waals surface area (Å²) in [7, 11) is 0. The van der Waals surface area contributed by atoms with Crippen LogP contribution in [0.5, 0.6) is 5.75 Å². The maximum Gasteiger partial charge on any atom is 0.261 e. The lowest BCUT2D eigenvalue weighted by Gasteiger charge is -2.09. The molecule has 1 aromatic heterocycles. The van der Waals surface area contributed by atoms with Crippen molar-refractivity contribution in [2.24, 2.45) is 5.73 Å². The number of carbonyl (C=O) groups is 1. The van der Waals surface area contributed by atoms with E-state index in [1.807, 2.05) is 36.4 Å². The van der Waals surface area contributed by atoms with Crippen molar-refractivity contribution in [1.82, 2.24) is 5.32 Å². The van der Waals surface area contributed by atoms with Gasteiger partial charge in [0.15, 0.2) is 0 Å². The van der Waals surface area contributed by atoms with E-state index in [0.29, 0.717) is 34.7 Å². The summed E-state index contributed by atoms with van der Waals surface area (Å²) in [6.45, 7) is 1.28. The quantitative estimate of drug-likeness (QED) is 0.539. The van der Waals surface area contributed by atoms with Crippen molar-refractivity contribution in [3.63, 3.8) is 0 Å². The first-order chi connectivity index (χ1) is 12.7. The predicted molar refractivity (Wildman–Crippen MR) is 110 cm³/mol. The second-order valence-corrected chi connectivity index (χ2v) is 6.93. The summed E-state index contributed by atoms with van der Waals surface area (Å²) >= 11 is 1.29. The highest BCUT2D eigenvalue weighted by Gasteiger charge is 2.21. The Bertz CT molecular complexity index is 886. The van der Waals surface area contributed by atoms with Crippen molar-refractivity contribution >= 4 is 39.7 Å². The number of unbranched alkanes of at least 4 members (excludes halogenated alkanes) is 1. The molecule has 0 atom stereocenters. The Kier molecular flexibility index (Phi) is 8.03. The van der Waals surface area contributed by atoms with Gasteiger partial charge in [-0.1, -0.05) is 24.3 Å². The van der Waals surface area contributed by atoms with E-state index in [1.54, 1.807) is 6.07 Å². The van der Waals surface area contributed by atoms with Gasteiger partial charge < -0.3 is 15.8 Å². The van der Waals surface area contributed by atoms with E-state index in [9.17, 15) is 9.18 Å². The minimum absolute atomic E-state index is 0. The van der Waals surface area contributed by atoms with Gasteiger partial charge in [0.25, 0.3) is 5.91 Å². The van der Waals surface area contributed by atoms with Gasteiger partial charge in [0, 0.05) is 22.2 Å². The van der Waals surface area contributed by atoms with E-state index < -0.39 is 0 Å². The predicted octanol–water partition coefficient (Wildman–Crippen LogP) is 4.51. The summed E-state index contributed by atoms with van der Waals surface area (Å²) in [5, 5.41) is 3.35. The Morgan fingerprint density at radius 2 is 1.89 bits per heavy atom. The standard InChI is InChI=1S/C20H21FN2O2S.ClH/c21-16-9-6-10-17-18(16)15(13-25-14-7-2-1-3-8-14)19(26-17)20(24)23-12-5-4-11-22;/h1-3,6-10H,4-5,11-13,22H2,(H,23,24);1H. The molecule has 0 aliphatic heterocycles. The number of nitrogens with one attached hydrogen (secondary N) is 1. The molecule has 27 heavy (non-hydrogen) atoms. The molecule has 2 aromatic carbocycles. The number of hydrogen-bond donors (Lipinski definition) is 2. The Hall–Kier alpha value is -2.15. The second-order valence-electron chi connectivity index (χ2n) is 5.88. The van der Waals surface area contributed by atoms with E-state index >= 15 is 0 Å². The average Bonchev–Trinajstić information content (AvgIpc) is 3.04. The summed E-state index contributed by atoms with van der Waals surface area (Å²) in [5.41, 5.74) is 6.06. The maximum absolute atomic E-state index is 14.4. The highest BCUT2D eigenvalue weighted by molar-refractivity contribution is 7.21. The molecule has 1 amide bonds. The molecular formula is C20H22ClFN2O2S. The van der Waals surface area contributed by atoms with Gasteiger partial charge >= 0.3 is 0 Å². The molecule has 0 unspecified atom stereocenters. The minimum Gasteiger partial charge on any atom is -0.489 e. The SMILES string of the molecule is Cl.NCCCCNC(=O)c1sc2cccc(F)c2c1COc1ccccc1. The first kappa shape index (κ1) is 21.2. The molecule has 0 spiro atoms. The third kappa shape index (κ3) is 5.19. The van der Waals surface area contributed by atoms with Crippen LogP contribution in [0.25, 0.3) is 10.1 Å². The highest BCUT2D eigenvalue weighted by Crippen LogP contribution is 2.34. The van der Waals surface area contributed by atoms with Crippen LogP contribution in [0, 0.1) is 5.82 Å². The van der Waals surface area contributed by atoms with Gasteiger partial charge in [-0.15, -0.1) is 23.7 Å². The monoisotopic (exact) mass is 408 g/mol. The van der Waals surface area contributed by atoms with Crippen molar-refractivity contribution in [3.8, 4) is 5.75 Å². The number of nitrogens with two attached hydrogens (primary N) is 1. The smallest absolute Gasteiger partial charge is 0.261 e. The number of para-hydroxylation sites is 1. The zero-order chi connectivity index (χ0) is 18.4. The van der Waals surface area contributed by atoms with Crippen molar-refractivity contribution in [3.05, 3.63) is 64.8 Å². The van der Waals surface area contributed by atoms with Crippen molar-refractivity contribution in [2.45, 2.75) is 19.4 Å². The number of rotatable bonds is 8. The molecular weight excluding hydrogens is 387 g/mol. The number of benzene rings is 2. The molecule has 3 rings (SSSR count). The third-order valence-electron chi connectivity index (χ3n) is 4.01. The van der Waals surface area contributed by atoms with E-state index in [-0.39, 0.29) is 30.7 Å². The zero-order valence-corrected chi connectivity index (χ0v) is 16.4. The van der Waals surface area contributed by atoms with Gasteiger partial charge in [0.2, 0.25) is 0 Å². The van der Waals surface area contributed by atoms with Crippen LogP contribution in [0.1, 0.15) is 28.1 Å². The summed E-state index contributed by atoms with van der Waals surface area (Å²) in [6.07, 6.45) is 1.67. The Labute approximate surface area is 167 Å². The number of hydrogen-bond acceptors (Lipinski definition) is 4. The second kappa shape index (κ2) is 10.3. The number of halogens is 2. The number of ether oxygens (including phenoxy) is 1. The van der Waals surface area contributed by atoms with Crippen molar-refractivity contribution < 1.29 is 13.9 Å². The Balaban J connectivity index is 0.00000261. The van der Waals surface area contributed by atoms with E-state index in [2.05, 4.69) is 5.32 Å². The average molecular weight is 409 g/mol. The number of amides is 1. The van der Waals surface area contributed by atoms with Crippen LogP contribution in [0.15, 0.2) is 48.5 Å². The van der Waals surface area contributed by atoms with Gasteiger partial charge in [-0.2, -0.15) is 0 Å². The van der Waals surface area contributed by atoms with Gasteiger partial charge in [-0.05, 0) is 43.7 Å². The first-order valence-corrected chi connectivity index (χ1v) is 9.38. The zero-order valence-electron chi connectivity index (χ0n) is 14.7. The number of fused-ring (bicyclic) bond motifs is 1. The summed E-state index contributed by atoms with van der Waals surface area (Å²) in [5.74, 6) is 0.138. The molecule has 0 aliphatic carbocycles. The van der Waals surface area contributed by atoms with Gasteiger partial charge in [-0.25, -0.2) is 4.39 Å². The molecule has 3 aromatic rings. The topological polar surface area (TPSA) is 64.3 Å². The molecule has 3 N–H and O–H groups in total. The molecule has 7 heteroatoms.